The van der Waals surface area contributed by atoms with E-state index in [-0.39, 0.29) is 0 Å². The lowest BCUT2D eigenvalue weighted by molar-refractivity contribution is 0.580. The van der Waals surface area contributed by atoms with Crippen LogP contribution in [0.2, 0.25) is 0 Å². The maximum absolute atomic E-state index is 5.59. The van der Waals surface area contributed by atoms with Crippen molar-refractivity contribution in [2.24, 2.45) is 0 Å². The molecule has 0 bridgehead atoms. The van der Waals surface area contributed by atoms with Crippen LogP contribution in [0.25, 0.3) is 22.6 Å². The first-order valence-electron chi connectivity index (χ1n) is 8.27. The van der Waals surface area contributed by atoms with Gasteiger partial charge in [-0.05, 0) is 48.4 Å². The summed E-state index contributed by atoms with van der Waals surface area (Å²) >= 11 is 0. The Bertz CT molecular complexity index is 1000. The zero-order valence-electron chi connectivity index (χ0n) is 14.3. The number of nitrogens with zero attached hydrogens (tertiary/aromatic N) is 4. The van der Waals surface area contributed by atoms with E-state index in [1.165, 1.54) is 0 Å². The second kappa shape index (κ2) is 7.14. The molecule has 0 saturated carbocycles. The molecule has 0 saturated heterocycles. The molecule has 0 radical (unpaired) electrons. The van der Waals surface area contributed by atoms with Crippen LogP contribution >= 0.6 is 0 Å². The second-order valence-corrected chi connectivity index (χ2v) is 5.80. The fourth-order valence-electron chi connectivity index (χ4n) is 2.71. The zero-order chi connectivity index (χ0) is 17.8. The maximum Gasteiger partial charge on any atom is 0.223 e. The van der Waals surface area contributed by atoms with Crippen molar-refractivity contribution in [2.75, 3.05) is 5.32 Å². The van der Waals surface area contributed by atoms with E-state index < -0.39 is 0 Å². The van der Waals surface area contributed by atoms with Gasteiger partial charge >= 0.3 is 0 Å². The van der Waals surface area contributed by atoms with Gasteiger partial charge in [-0.1, -0.05) is 6.07 Å². The SMILES string of the molecule is Cc1cnccc1-c1cnc(NCc2ccccn2)nc1-c1ccco1. The first-order chi connectivity index (χ1) is 12.8. The Morgan fingerprint density at radius 2 is 1.92 bits per heavy atom. The van der Waals surface area contributed by atoms with E-state index in [0.717, 1.165) is 28.1 Å². The number of rotatable bonds is 5. The molecule has 128 valence electrons. The Balaban J connectivity index is 1.71. The number of furan rings is 1. The molecule has 4 rings (SSSR count). The third-order valence-corrected chi connectivity index (χ3v) is 4.01. The molecule has 6 nitrogen and oxygen atoms in total. The number of aryl methyl sites for hydroxylation is 1. The summed E-state index contributed by atoms with van der Waals surface area (Å²) in [5.41, 5.74) is 4.65. The minimum Gasteiger partial charge on any atom is -0.463 e. The van der Waals surface area contributed by atoms with Gasteiger partial charge in [0.2, 0.25) is 5.95 Å². The number of anilines is 1. The molecule has 0 fully saturated rings. The lowest BCUT2D eigenvalue weighted by Crippen LogP contribution is -2.06. The van der Waals surface area contributed by atoms with Crippen LogP contribution in [0.5, 0.6) is 0 Å². The van der Waals surface area contributed by atoms with E-state index >= 15 is 0 Å². The van der Waals surface area contributed by atoms with Crippen LogP contribution < -0.4 is 5.32 Å². The van der Waals surface area contributed by atoms with Gasteiger partial charge in [-0.25, -0.2) is 9.97 Å². The summed E-state index contributed by atoms with van der Waals surface area (Å²) in [5, 5.41) is 3.22. The number of pyridine rings is 2. The Morgan fingerprint density at radius 1 is 0.962 bits per heavy atom. The molecule has 6 heteroatoms. The van der Waals surface area contributed by atoms with Gasteiger partial charge in [-0.3, -0.25) is 9.97 Å². The fraction of sp³-hybridized carbons (Fsp3) is 0.100. The molecule has 0 aliphatic rings. The smallest absolute Gasteiger partial charge is 0.223 e. The molecular weight excluding hydrogens is 326 g/mol. The molecule has 0 aliphatic carbocycles. The van der Waals surface area contributed by atoms with Gasteiger partial charge in [0.15, 0.2) is 5.76 Å². The highest BCUT2D eigenvalue weighted by Crippen LogP contribution is 2.32. The van der Waals surface area contributed by atoms with E-state index in [2.05, 4.69) is 25.3 Å². The summed E-state index contributed by atoms with van der Waals surface area (Å²) in [6.07, 6.45) is 8.81. The van der Waals surface area contributed by atoms with Gasteiger partial charge in [0, 0.05) is 30.4 Å². The van der Waals surface area contributed by atoms with Crippen molar-refractivity contribution in [2.45, 2.75) is 13.5 Å². The Morgan fingerprint density at radius 3 is 2.69 bits per heavy atom. The van der Waals surface area contributed by atoms with Crippen molar-refractivity contribution in [1.29, 1.82) is 0 Å². The van der Waals surface area contributed by atoms with Gasteiger partial charge in [0.1, 0.15) is 5.69 Å². The van der Waals surface area contributed by atoms with Crippen molar-refractivity contribution in [1.82, 2.24) is 19.9 Å². The van der Waals surface area contributed by atoms with E-state index in [4.69, 9.17) is 4.42 Å². The van der Waals surface area contributed by atoms with Crippen molar-refractivity contribution < 1.29 is 4.42 Å². The molecule has 0 amide bonds. The highest BCUT2D eigenvalue weighted by atomic mass is 16.3. The molecule has 0 aliphatic heterocycles. The zero-order valence-corrected chi connectivity index (χ0v) is 14.3. The van der Waals surface area contributed by atoms with E-state index in [9.17, 15) is 0 Å². The van der Waals surface area contributed by atoms with E-state index in [1.54, 1.807) is 18.7 Å². The van der Waals surface area contributed by atoms with Crippen LogP contribution in [0.4, 0.5) is 5.95 Å². The van der Waals surface area contributed by atoms with Crippen molar-refractivity contribution >= 4 is 5.95 Å². The van der Waals surface area contributed by atoms with E-state index in [1.807, 2.05) is 55.7 Å². The summed E-state index contributed by atoms with van der Waals surface area (Å²) in [6.45, 7) is 2.56. The maximum atomic E-state index is 5.59. The topological polar surface area (TPSA) is 76.7 Å². The summed E-state index contributed by atoms with van der Waals surface area (Å²) < 4.78 is 5.59. The third-order valence-electron chi connectivity index (χ3n) is 4.01. The molecule has 26 heavy (non-hydrogen) atoms. The molecule has 4 heterocycles. The minimum atomic E-state index is 0.525. The molecule has 0 spiro atoms. The van der Waals surface area contributed by atoms with Crippen molar-refractivity contribution in [3.8, 4) is 22.6 Å². The lowest BCUT2D eigenvalue weighted by atomic mass is 10.0. The van der Waals surface area contributed by atoms with Gasteiger partial charge in [0.25, 0.3) is 0 Å². The standard InChI is InChI=1S/C20H17N5O/c1-14-11-21-9-7-16(14)17-13-24-20(23-12-15-5-2-3-8-22-15)25-19(17)18-6-4-10-26-18/h2-11,13H,12H2,1H3,(H,23,24,25). The number of hydrogen-bond donors (Lipinski definition) is 1. The molecule has 1 N–H and O–H groups in total. The van der Waals surface area contributed by atoms with Gasteiger partial charge < -0.3 is 9.73 Å². The van der Waals surface area contributed by atoms with Gasteiger partial charge in [0.05, 0.1) is 18.5 Å². The second-order valence-electron chi connectivity index (χ2n) is 5.80. The molecule has 0 unspecified atom stereocenters. The average molecular weight is 343 g/mol. The quantitative estimate of drug-likeness (QED) is 0.587. The molecular formula is C20H17N5O. The van der Waals surface area contributed by atoms with Crippen LogP contribution in [0.1, 0.15) is 11.3 Å². The Labute approximate surface area is 151 Å². The Hall–Kier alpha value is -3.54. The lowest BCUT2D eigenvalue weighted by Gasteiger charge is -2.11. The molecule has 0 aromatic carbocycles. The molecule has 4 aromatic rings. The van der Waals surface area contributed by atoms with Crippen LogP contribution in [0.15, 0.2) is 71.9 Å². The predicted molar refractivity (Wildman–Crippen MR) is 99.3 cm³/mol. The average Bonchev–Trinajstić information content (AvgIpc) is 3.22. The van der Waals surface area contributed by atoms with Gasteiger partial charge in [-0.15, -0.1) is 0 Å². The summed E-state index contributed by atoms with van der Waals surface area (Å²) in [5.74, 6) is 1.22. The van der Waals surface area contributed by atoms with Crippen LogP contribution in [-0.2, 0) is 6.54 Å². The monoisotopic (exact) mass is 343 g/mol. The number of aromatic nitrogens is 4. The van der Waals surface area contributed by atoms with Crippen molar-refractivity contribution in [3.05, 3.63) is 78.7 Å². The summed E-state index contributed by atoms with van der Waals surface area (Å²) in [4.78, 5) is 17.6. The minimum absolute atomic E-state index is 0.525. The predicted octanol–water partition coefficient (Wildman–Crippen LogP) is 4.11. The van der Waals surface area contributed by atoms with Crippen LogP contribution in [0.3, 0.4) is 0 Å². The molecule has 0 atom stereocenters. The first kappa shape index (κ1) is 16.0. The first-order valence-corrected chi connectivity index (χ1v) is 8.27. The highest BCUT2D eigenvalue weighted by molar-refractivity contribution is 5.80. The van der Waals surface area contributed by atoms with Crippen LogP contribution in [0, 0.1) is 6.92 Å². The third kappa shape index (κ3) is 3.30. The van der Waals surface area contributed by atoms with Gasteiger partial charge in [-0.2, -0.15) is 0 Å². The van der Waals surface area contributed by atoms with Crippen LogP contribution in [-0.4, -0.2) is 19.9 Å². The van der Waals surface area contributed by atoms with Crippen molar-refractivity contribution in [3.63, 3.8) is 0 Å². The fourth-order valence-corrected chi connectivity index (χ4v) is 2.71. The number of nitrogens with one attached hydrogen (secondary N) is 1. The summed E-state index contributed by atoms with van der Waals surface area (Å²) in [7, 11) is 0. The normalized spacial score (nSPS) is 10.7. The Kier molecular flexibility index (Phi) is 4.38. The number of hydrogen-bond acceptors (Lipinski definition) is 6. The largest absolute Gasteiger partial charge is 0.463 e. The summed E-state index contributed by atoms with van der Waals surface area (Å²) in [6, 6.07) is 11.5. The highest BCUT2D eigenvalue weighted by Gasteiger charge is 2.15. The van der Waals surface area contributed by atoms with E-state index in [0.29, 0.717) is 18.3 Å². The molecule has 4 aromatic heterocycles.